The third kappa shape index (κ3) is 5.13. The molecule has 1 aliphatic rings. The molecule has 1 aromatic carbocycles. The lowest BCUT2D eigenvalue weighted by molar-refractivity contribution is 0.0541. The van der Waals surface area contributed by atoms with E-state index in [0.717, 1.165) is 51.7 Å². The molecule has 3 rings (SSSR count). The Bertz CT molecular complexity index is 550. The maximum absolute atomic E-state index is 10.5. The van der Waals surface area contributed by atoms with Gasteiger partial charge in [-0.1, -0.05) is 30.3 Å². The number of aliphatic hydroxyl groups is 1. The Morgan fingerprint density at radius 1 is 1.17 bits per heavy atom. The molecule has 0 saturated carbocycles. The molecule has 0 aliphatic carbocycles. The van der Waals surface area contributed by atoms with E-state index in [1.54, 1.807) is 11.3 Å². The molecule has 0 bridgehead atoms. The molecule has 1 fully saturated rings. The van der Waals surface area contributed by atoms with Crippen molar-refractivity contribution in [2.24, 2.45) is 5.92 Å². The molecule has 1 aliphatic heterocycles. The Labute approximate surface area is 143 Å². The quantitative estimate of drug-likeness (QED) is 0.845. The van der Waals surface area contributed by atoms with Crippen LogP contribution in [0.1, 0.15) is 30.5 Å². The maximum atomic E-state index is 10.5. The lowest BCUT2D eigenvalue weighted by atomic mass is 9.88. The van der Waals surface area contributed by atoms with Gasteiger partial charge in [-0.15, -0.1) is 11.3 Å². The van der Waals surface area contributed by atoms with Crippen LogP contribution in [0.2, 0.25) is 0 Å². The standard InChI is InChI=1S/C19H26N2OS/c22-19(7-6-16-4-2-1-3-5-16)17-8-11-21(12-9-17)13-10-18-14-23-15-20-18/h1-5,14-15,17,19,22H,6-13H2. The van der Waals surface area contributed by atoms with Crippen LogP contribution < -0.4 is 0 Å². The predicted octanol–water partition coefficient (Wildman–Crippen LogP) is 3.39. The van der Waals surface area contributed by atoms with E-state index < -0.39 is 0 Å². The monoisotopic (exact) mass is 330 g/mol. The van der Waals surface area contributed by atoms with Crippen molar-refractivity contribution in [3.8, 4) is 0 Å². The van der Waals surface area contributed by atoms with Gasteiger partial charge in [0.1, 0.15) is 0 Å². The second-order valence-corrected chi connectivity index (χ2v) is 7.22. The van der Waals surface area contributed by atoms with E-state index in [2.05, 4.69) is 39.5 Å². The van der Waals surface area contributed by atoms with Crippen LogP contribution in [0.4, 0.5) is 0 Å². The van der Waals surface area contributed by atoms with Crippen LogP contribution in [-0.4, -0.2) is 40.7 Å². The van der Waals surface area contributed by atoms with Crippen molar-refractivity contribution in [2.75, 3.05) is 19.6 Å². The van der Waals surface area contributed by atoms with Crippen LogP contribution in [0.5, 0.6) is 0 Å². The topological polar surface area (TPSA) is 36.4 Å². The zero-order valence-corrected chi connectivity index (χ0v) is 14.4. The average molecular weight is 330 g/mol. The molecular formula is C19H26N2OS. The van der Waals surface area contributed by atoms with Crippen molar-refractivity contribution in [1.82, 2.24) is 9.88 Å². The van der Waals surface area contributed by atoms with E-state index in [4.69, 9.17) is 0 Å². The Morgan fingerprint density at radius 3 is 2.65 bits per heavy atom. The number of thiazole rings is 1. The van der Waals surface area contributed by atoms with Gasteiger partial charge in [-0.25, -0.2) is 4.98 Å². The van der Waals surface area contributed by atoms with Crippen molar-refractivity contribution < 1.29 is 5.11 Å². The normalized spacial score (nSPS) is 18.1. The molecule has 1 N–H and O–H groups in total. The number of aromatic nitrogens is 1. The number of piperidine rings is 1. The molecule has 0 radical (unpaired) electrons. The van der Waals surface area contributed by atoms with Crippen LogP contribution in [0.15, 0.2) is 41.2 Å². The molecule has 3 nitrogen and oxygen atoms in total. The minimum absolute atomic E-state index is 0.157. The molecular weight excluding hydrogens is 304 g/mol. The Kier molecular flexibility index (Phi) is 6.20. The summed E-state index contributed by atoms with van der Waals surface area (Å²) in [5.74, 6) is 0.467. The first kappa shape index (κ1) is 16.6. The largest absolute Gasteiger partial charge is 0.393 e. The molecule has 2 aromatic rings. The van der Waals surface area contributed by atoms with Gasteiger partial charge in [0.25, 0.3) is 0 Å². The number of aryl methyl sites for hydroxylation is 1. The second-order valence-electron chi connectivity index (χ2n) is 6.50. The minimum Gasteiger partial charge on any atom is -0.393 e. The van der Waals surface area contributed by atoms with Crippen LogP contribution in [0.25, 0.3) is 0 Å². The minimum atomic E-state index is -0.157. The van der Waals surface area contributed by atoms with E-state index in [0.29, 0.717) is 5.92 Å². The van der Waals surface area contributed by atoms with Gasteiger partial charge < -0.3 is 10.0 Å². The molecule has 1 unspecified atom stereocenters. The first-order valence-corrected chi connectivity index (χ1v) is 9.57. The van der Waals surface area contributed by atoms with Crippen LogP contribution in [0.3, 0.4) is 0 Å². The number of rotatable bonds is 7. The number of hydrogen-bond acceptors (Lipinski definition) is 4. The lowest BCUT2D eigenvalue weighted by Gasteiger charge is -2.34. The number of benzene rings is 1. The van der Waals surface area contributed by atoms with Crippen LogP contribution in [0, 0.1) is 5.92 Å². The van der Waals surface area contributed by atoms with E-state index in [-0.39, 0.29) is 6.10 Å². The Hall–Kier alpha value is -1.23. The fraction of sp³-hybridized carbons (Fsp3) is 0.526. The molecule has 0 amide bonds. The number of hydrogen-bond donors (Lipinski definition) is 1. The average Bonchev–Trinajstić information content (AvgIpc) is 3.13. The van der Waals surface area contributed by atoms with Gasteiger partial charge in [-0.05, 0) is 50.3 Å². The zero-order valence-electron chi connectivity index (χ0n) is 13.6. The van der Waals surface area contributed by atoms with E-state index >= 15 is 0 Å². The van der Waals surface area contributed by atoms with E-state index in [9.17, 15) is 5.11 Å². The molecule has 4 heteroatoms. The summed E-state index contributed by atoms with van der Waals surface area (Å²) in [6.07, 6.45) is 4.99. The summed E-state index contributed by atoms with van der Waals surface area (Å²) in [7, 11) is 0. The highest BCUT2D eigenvalue weighted by Gasteiger charge is 2.24. The van der Waals surface area contributed by atoms with Crippen molar-refractivity contribution in [1.29, 1.82) is 0 Å². The summed E-state index contributed by atoms with van der Waals surface area (Å²) in [6, 6.07) is 10.5. The SMILES string of the molecule is OC(CCc1ccccc1)C1CCN(CCc2cscn2)CC1. The summed E-state index contributed by atoms with van der Waals surface area (Å²) < 4.78 is 0. The molecule has 1 atom stereocenters. The highest BCUT2D eigenvalue weighted by Crippen LogP contribution is 2.23. The lowest BCUT2D eigenvalue weighted by Crippen LogP contribution is -2.38. The molecule has 2 heterocycles. The maximum Gasteiger partial charge on any atom is 0.0794 e. The zero-order chi connectivity index (χ0) is 15.9. The van der Waals surface area contributed by atoms with Gasteiger partial charge in [0.2, 0.25) is 0 Å². The summed E-state index contributed by atoms with van der Waals surface area (Å²) in [5.41, 5.74) is 4.44. The van der Waals surface area contributed by atoms with Crippen molar-refractivity contribution >= 4 is 11.3 Å². The van der Waals surface area contributed by atoms with E-state index in [1.807, 2.05) is 11.6 Å². The van der Waals surface area contributed by atoms with Gasteiger partial charge in [0, 0.05) is 18.3 Å². The van der Waals surface area contributed by atoms with Gasteiger partial charge in [0.05, 0.1) is 17.3 Å². The number of likely N-dealkylation sites (tertiary alicyclic amines) is 1. The third-order valence-corrected chi connectivity index (χ3v) is 5.55. The molecule has 1 saturated heterocycles. The van der Waals surface area contributed by atoms with Gasteiger partial charge in [0.15, 0.2) is 0 Å². The van der Waals surface area contributed by atoms with Crippen LogP contribution >= 0.6 is 11.3 Å². The number of nitrogens with zero attached hydrogens (tertiary/aromatic N) is 2. The number of aliphatic hydroxyl groups excluding tert-OH is 1. The summed E-state index contributed by atoms with van der Waals surface area (Å²) in [5, 5.41) is 12.6. The van der Waals surface area contributed by atoms with Gasteiger partial charge >= 0.3 is 0 Å². The summed E-state index contributed by atoms with van der Waals surface area (Å²) in [4.78, 5) is 6.86. The van der Waals surface area contributed by atoms with Crippen LogP contribution in [-0.2, 0) is 12.8 Å². The smallest absolute Gasteiger partial charge is 0.0794 e. The van der Waals surface area contributed by atoms with E-state index in [1.165, 1.54) is 11.3 Å². The highest BCUT2D eigenvalue weighted by atomic mass is 32.1. The van der Waals surface area contributed by atoms with Gasteiger partial charge in [-0.3, -0.25) is 0 Å². The third-order valence-electron chi connectivity index (χ3n) is 4.92. The molecule has 0 spiro atoms. The first-order chi connectivity index (χ1) is 11.3. The highest BCUT2D eigenvalue weighted by molar-refractivity contribution is 7.07. The van der Waals surface area contributed by atoms with Crippen molar-refractivity contribution in [3.63, 3.8) is 0 Å². The fourth-order valence-electron chi connectivity index (χ4n) is 3.39. The summed E-state index contributed by atoms with van der Waals surface area (Å²) >= 11 is 1.67. The molecule has 124 valence electrons. The summed E-state index contributed by atoms with van der Waals surface area (Å²) in [6.45, 7) is 3.31. The first-order valence-electron chi connectivity index (χ1n) is 8.62. The predicted molar refractivity (Wildman–Crippen MR) is 95.8 cm³/mol. The van der Waals surface area contributed by atoms with Gasteiger partial charge in [-0.2, -0.15) is 0 Å². The van der Waals surface area contributed by atoms with Crippen molar-refractivity contribution in [2.45, 2.75) is 38.2 Å². The Balaban J connectivity index is 1.36. The molecule has 1 aromatic heterocycles. The second kappa shape index (κ2) is 8.57. The molecule has 23 heavy (non-hydrogen) atoms. The fourth-order valence-corrected chi connectivity index (χ4v) is 3.98. The Morgan fingerprint density at radius 2 is 1.96 bits per heavy atom. The van der Waals surface area contributed by atoms with Crippen molar-refractivity contribution in [3.05, 3.63) is 52.5 Å².